The first kappa shape index (κ1) is 18.0. The van der Waals surface area contributed by atoms with E-state index in [4.69, 9.17) is 0 Å². The van der Waals surface area contributed by atoms with Crippen LogP contribution in [0.2, 0.25) is 0 Å². The Kier molecular flexibility index (Phi) is 6.81. The van der Waals surface area contributed by atoms with Gasteiger partial charge in [-0.05, 0) is 30.9 Å². The van der Waals surface area contributed by atoms with Crippen LogP contribution in [0.5, 0.6) is 0 Å². The minimum atomic E-state index is -0.411. The summed E-state index contributed by atoms with van der Waals surface area (Å²) in [5.41, 5.74) is 2.21. The molecule has 0 bridgehead atoms. The number of hydrogen-bond acceptors (Lipinski definition) is 3. The van der Waals surface area contributed by atoms with Gasteiger partial charge in [0.15, 0.2) is 0 Å². The molecule has 0 spiro atoms. The molecule has 0 fully saturated rings. The number of urea groups is 1. The largest absolute Gasteiger partial charge is 0.393 e. The van der Waals surface area contributed by atoms with Crippen molar-refractivity contribution < 1.29 is 9.90 Å². The van der Waals surface area contributed by atoms with Gasteiger partial charge in [0.1, 0.15) is 0 Å². The van der Waals surface area contributed by atoms with Crippen molar-refractivity contribution in [2.75, 3.05) is 13.1 Å². The lowest BCUT2D eigenvalue weighted by Crippen LogP contribution is -2.39. The molecule has 24 heavy (non-hydrogen) atoms. The number of nitrogens with zero attached hydrogens (tertiary/aromatic N) is 2. The molecular formula is C18H26N4O2. The molecule has 0 aliphatic heterocycles. The highest BCUT2D eigenvalue weighted by molar-refractivity contribution is 5.73. The van der Waals surface area contributed by atoms with Crippen molar-refractivity contribution >= 4 is 6.03 Å². The van der Waals surface area contributed by atoms with Gasteiger partial charge in [-0.2, -0.15) is 5.10 Å². The SMILES string of the molecule is CC(O)CC(CNC(=O)NCCc1cnn(C)c1)c1ccccc1. The van der Waals surface area contributed by atoms with E-state index in [-0.39, 0.29) is 11.9 Å². The maximum absolute atomic E-state index is 12.0. The molecule has 1 aromatic carbocycles. The minimum Gasteiger partial charge on any atom is -0.393 e. The number of nitrogens with one attached hydrogen (secondary N) is 2. The first-order valence-electron chi connectivity index (χ1n) is 8.27. The molecule has 0 aliphatic rings. The number of aromatic nitrogens is 2. The minimum absolute atomic E-state index is 0.0928. The molecule has 6 nitrogen and oxygen atoms in total. The van der Waals surface area contributed by atoms with Crippen molar-refractivity contribution in [2.45, 2.75) is 31.8 Å². The zero-order valence-electron chi connectivity index (χ0n) is 14.3. The van der Waals surface area contributed by atoms with Crippen molar-refractivity contribution in [2.24, 2.45) is 7.05 Å². The van der Waals surface area contributed by atoms with Crippen LogP contribution in [0.3, 0.4) is 0 Å². The maximum atomic E-state index is 12.0. The number of rotatable bonds is 8. The van der Waals surface area contributed by atoms with Crippen molar-refractivity contribution in [1.82, 2.24) is 20.4 Å². The second kappa shape index (κ2) is 9.08. The molecule has 0 saturated carbocycles. The van der Waals surface area contributed by atoms with Crippen LogP contribution in [0.1, 0.15) is 30.4 Å². The Hall–Kier alpha value is -2.34. The Balaban J connectivity index is 1.77. The predicted octanol–water partition coefficient (Wildman–Crippen LogP) is 1.82. The van der Waals surface area contributed by atoms with E-state index in [0.29, 0.717) is 19.5 Å². The molecule has 6 heteroatoms. The maximum Gasteiger partial charge on any atom is 0.314 e. The summed E-state index contributed by atoms with van der Waals surface area (Å²) < 4.78 is 1.75. The highest BCUT2D eigenvalue weighted by Gasteiger charge is 2.15. The summed E-state index contributed by atoms with van der Waals surface area (Å²) in [5.74, 6) is 0.0928. The summed E-state index contributed by atoms with van der Waals surface area (Å²) in [6.07, 6.45) is 4.68. The Labute approximate surface area is 142 Å². The van der Waals surface area contributed by atoms with E-state index >= 15 is 0 Å². The summed E-state index contributed by atoms with van der Waals surface area (Å²) in [5, 5.41) is 19.5. The fourth-order valence-corrected chi connectivity index (χ4v) is 2.67. The fourth-order valence-electron chi connectivity index (χ4n) is 2.67. The molecule has 0 aliphatic carbocycles. The second-order valence-electron chi connectivity index (χ2n) is 6.10. The molecule has 2 aromatic rings. The Morgan fingerprint density at radius 3 is 2.67 bits per heavy atom. The fraction of sp³-hybridized carbons (Fsp3) is 0.444. The Morgan fingerprint density at radius 2 is 2.04 bits per heavy atom. The molecule has 2 unspecified atom stereocenters. The van der Waals surface area contributed by atoms with Crippen molar-refractivity contribution in [1.29, 1.82) is 0 Å². The zero-order chi connectivity index (χ0) is 17.4. The summed E-state index contributed by atoms with van der Waals surface area (Å²) in [6.45, 7) is 2.82. The number of carbonyl (C=O) groups is 1. The van der Waals surface area contributed by atoms with Crippen LogP contribution in [0.25, 0.3) is 0 Å². The van der Waals surface area contributed by atoms with E-state index in [2.05, 4.69) is 15.7 Å². The first-order chi connectivity index (χ1) is 11.5. The summed E-state index contributed by atoms with van der Waals surface area (Å²) in [6, 6.07) is 9.76. The number of aryl methyl sites for hydroxylation is 1. The number of carbonyl (C=O) groups excluding carboxylic acids is 1. The van der Waals surface area contributed by atoms with Gasteiger partial charge in [-0.15, -0.1) is 0 Å². The molecule has 2 amide bonds. The number of benzene rings is 1. The van der Waals surface area contributed by atoms with Gasteiger partial charge in [0.2, 0.25) is 0 Å². The number of amides is 2. The molecule has 0 saturated heterocycles. The van der Waals surface area contributed by atoms with Gasteiger partial charge >= 0.3 is 6.03 Å². The average molecular weight is 330 g/mol. The van der Waals surface area contributed by atoms with Gasteiger partial charge in [-0.3, -0.25) is 4.68 Å². The lowest BCUT2D eigenvalue weighted by atomic mass is 9.93. The third kappa shape index (κ3) is 6.04. The number of aliphatic hydroxyl groups is 1. The summed E-state index contributed by atoms with van der Waals surface area (Å²) in [4.78, 5) is 12.0. The molecule has 0 radical (unpaired) electrons. The van der Waals surface area contributed by atoms with E-state index in [1.54, 1.807) is 17.8 Å². The van der Waals surface area contributed by atoms with E-state index in [1.165, 1.54) is 0 Å². The van der Waals surface area contributed by atoms with Gasteiger partial charge in [-0.25, -0.2) is 4.79 Å². The molecule has 3 N–H and O–H groups in total. The van der Waals surface area contributed by atoms with Crippen LogP contribution in [0.15, 0.2) is 42.7 Å². The molecule has 1 aromatic heterocycles. The molecule has 130 valence electrons. The van der Waals surface area contributed by atoms with Crippen LogP contribution >= 0.6 is 0 Å². The summed E-state index contributed by atoms with van der Waals surface area (Å²) >= 11 is 0. The van der Waals surface area contributed by atoms with Gasteiger partial charge in [-0.1, -0.05) is 30.3 Å². The van der Waals surface area contributed by atoms with E-state index in [1.807, 2.05) is 43.6 Å². The van der Waals surface area contributed by atoms with Crippen LogP contribution in [0.4, 0.5) is 4.79 Å². The zero-order valence-corrected chi connectivity index (χ0v) is 14.3. The normalized spacial score (nSPS) is 13.3. The quantitative estimate of drug-likeness (QED) is 0.691. The smallest absolute Gasteiger partial charge is 0.314 e. The standard InChI is InChI=1S/C18H26N4O2/c1-14(23)10-17(16-6-4-3-5-7-16)12-20-18(24)19-9-8-15-11-21-22(2)13-15/h3-7,11,13-14,17,23H,8-10,12H2,1-2H3,(H2,19,20,24). The third-order valence-electron chi connectivity index (χ3n) is 3.86. The van der Waals surface area contributed by atoms with E-state index in [9.17, 15) is 9.90 Å². The van der Waals surface area contributed by atoms with Crippen LogP contribution < -0.4 is 10.6 Å². The van der Waals surface area contributed by atoms with Crippen LogP contribution in [0, 0.1) is 0 Å². The van der Waals surface area contributed by atoms with E-state index in [0.717, 1.165) is 17.5 Å². The van der Waals surface area contributed by atoms with Gasteiger partial charge in [0, 0.05) is 32.3 Å². The number of aliphatic hydroxyl groups excluding tert-OH is 1. The topological polar surface area (TPSA) is 79.2 Å². The second-order valence-corrected chi connectivity index (χ2v) is 6.10. The van der Waals surface area contributed by atoms with Gasteiger partial charge in [0.05, 0.1) is 12.3 Å². The number of hydrogen-bond donors (Lipinski definition) is 3. The first-order valence-corrected chi connectivity index (χ1v) is 8.27. The van der Waals surface area contributed by atoms with Crippen LogP contribution in [-0.2, 0) is 13.5 Å². The Morgan fingerprint density at radius 1 is 1.29 bits per heavy atom. The van der Waals surface area contributed by atoms with Gasteiger partial charge in [0.25, 0.3) is 0 Å². The average Bonchev–Trinajstić information content (AvgIpc) is 2.97. The molecular weight excluding hydrogens is 304 g/mol. The highest BCUT2D eigenvalue weighted by atomic mass is 16.3. The molecule has 2 rings (SSSR count). The van der Waals surface area contributed by atoms with Crippen molar-refractivity contribution in [3.8, 4) is 0 Å². The molecule has 1 heterocycles. The lowest BCUT2D eigenvalue weighted by molar-refractivity contribution is 0.173. The highest BCUT2D eigenvalue weighted by Crippen LogP contribution is 2.20. The monoisotopic (exact) mass is 330 g/mol. The van der Waals surface area contributed by atoms with Crippen molar-refractivity contribution in [3.63, 3.8) is 0 Å². The van der Waals surface area contributed by atoms with Crippen LogP contribution in [-0.4, -0.2) is 40.1 Å². The Bertz CT molecular complexity index is 625. The third-order valence-corrected chi connectivity index (χ3v) is 3.86. The summed E-state index contributed by atoms with van der Waals surface area (Å²) in [7, 11) is 1.87. The van der Waals surface area contributed by atoms with Crippen molar-refractivity contribution in [3.05, 3.63) is 53.9 Å². The lowest BCUT2D eigenvalue weighted by Gasteiger charge is -2.19. The molecule has 2 atom stereocenters. The van der Waals surface area contributed by atoms with Gasteiger partial charge < -0.3 is 15.7 Å². The predicted molar refractivity (Wildman–Crippen MR) is 93.8 cm³/mol. The van der Waals surface area contributed by atoms with E-state index < -0.39 is 6.10 Å².